The van der Waals surface area contributed by atoms with E-state index in [2.05, 4.69) is 6.07 Å². The number of aryl methyl sites for hydroxylation is 2. The smallest absolute Gasteiger partial charge is 0.177 e. The molecule has 0 bridgehead atoms. The lowest BCUT2D eigenvalue weighted by Crippen LogP contribution is -2.01. The van der Waals surface area contributed by atoms with Crippen LogP contribution in [0.25, 0.3) is 0 Å². The minimum Gasteiger partial charge on any atom is -0.293 e. The number of Topliss-reactive ketones (excluding diaryl/α,β-unsaturated/α-hetero) is 1. The van der Waals surface area contributed by atoms with Crippen LogP contribution in [0.15, 0.2) is 30.3 Å². The van der Waals surface area contributed by atoms with E-state index < -0.39 is 0 Å². The number of rotatable bonds is 3. The van der Waals surface area contributed by atoms with Crippen LogP contribution in [-0.2, 0) is 19.3 Å². The Morgan fingerprint density at radius 1 is 1.15 bits per heavy atom. The first kappa shape index (κ1) is 13.5. The fraction of sp³-hybridized carbons (Fsp3) is 0.353. The number of benzene rings is 1. The van der Waals surface area contributed by atoms with Gasteiger partial charge in [0.1, 0.15) is 5.82 Å². The average molecular weight is 288 g/mol. The van der Waals surface area contributed by atoms with Gasteiger partial charge in [0.25, 0.3) is 0 Å². The van der Waals surface area contributed by atoms with Crippen LogP contribution in [0.4, 0.5) is 4.39 Å². The molecule has 0 amide bonds. The Balaban J connectivity index is 1.77. The summed E-state index contributed by atoms with van der Waals surface area (Å²) in [6.45, 7) is 0. The summed E-state index contributed by atoms with van der Waals surface area (Å²) in [4.78, 5) is 14.5. The lowest BCUT2D eigenvalue weighted by atomic mass is 10.1. The molecule has 0 N–H and O–H groups in total. The lowest BCUT2D eigenvalue weighted by Gasteiger charge is -1.99. The minimum atomic E-state index is -0.280. The maximum Gasteiger partial charge on any atom is 0.177 e. The Hall–Kier alpha value is -1.48. The van der Waals surface area contributed by atoms with Crippen LogP contribution in [0.5, 0.6) is 0 Å². The summed E-state index contributed by atoms with van der Waals surface area (Å²) in [5, 5.41) is 0. The van der Waals surface area contributed by atoms with Crippen molar-refractivity contribution in [3.8, 4) is 0 Å². The first-order chi connectivity index (χ1) is 9.72. The van der Waals surface area contributed by atoms with Crippen LogP contribution < -0.4 is 0 Å². The summed E-state index contributed by atoms with van der Waals surface area (Å²) in [6, 6.07) is 8.37. The second-order valence-corrected chi connectivity index (χ2v) is 6.49. The third-order valence-corrected chi connectivity index (χ3v) is 5.05. The van der Waals surface area contributed by atoms with E-state index >= 15 is 0 Å². The molecule has 1 aromatic heterocycles. The molecule has 0 spiro atoms. The van der Waals surface area contributed by atoms with Gasteiger partial charge in [0.05, 0.1) is 4.88 Å². The van der Waals surface area contributed by atoms with E-state index in [-0.39, 0.29) is 18.0 Å². The highest BCUT2D eigenvalue weighted by Crippen LogP contribution is 2.29. The number of thiophene rings is 1. The fourth-order valence-corrected chi connectivity index (χ4v) is 3.92. The van der Waals surface area contributed by atoms with Crippen LogP contribution >= 0.6 is 11.3 Å². The van der Waals surface area contributed by atoms with Crippen molar-refractivity contribution in [1.82, 2.24) is 0 Å². The molecule has 1 aliphatic rings. The highest BCUT2D eigenvalue weighted by Gasteiger charge is 2.16. The summed E-state index contributed by atoms with van der Waals surface area (Å²) in [5.41, 5.74) is 2.11. The molecule has 1 heterocycles. The molecular formula is C17H17FOS. The maximum atomic E-state index is 13.1. The van der Waals surface area contributed by atoms with Gasteiger partial charge in [0, 0.05) is 11.3 Å². The zero-order valence-corrected chi connectivity index (χ0v) is 12.1. The molecule has 0 saturated carbocycles. The summed E-state index contributed by atoms with van der Waals surface area (Å²) >= 11 is 1.64. The summed E-state index contributed by atoms with van der Waals surface area (Å²) < 4.78 is 13.1. The van der Waals surface area contributed by atoms with E-state index in [4.69, 9.17) is 0 Å². The first-order valence-corrected chi connectivity index (χ1v) is 7.93. The van der Waals surface area contributed by atoms with Gasteiger partial charge in [-0.15, -0.1) is 11.3 Å². The monoisotopic (exact) mass is 288 g/mol. The molecule has 0 fully saturated rings. The Morgan fingerprint density at radius 2 is 2.00 bits per heavy atom. The SMILES string of the molecule is O=C(Cc1cccc(F)c1)c1cc2c(s1)CCCCC2. The molecule has 1 nitrogen and oxygen atoms in total. The van der Waals surface area contributed by atoms with E-state index in [1.165, 1.54) is 41.8 Å². The van der Waals surface area contributed by atoms with E-state index in [0.717, 1.165) is 23.3 Å². The van der Waals surface area contributed by atoms with Crippen LogP contribution in [0.1, 0.15) is 44.9 Å². The highest BCUT2D eigenvalue weighted by molar-refractivity contribution is 7.14. The molecule has 0 unspecified atom stereocenters. The molecule has 20 heavy (non-hydrogen) atoms. The average Bonchev–Trinajstić information content (AvgIpc) is 2.70. The van der Waals surface area contributed by atoms with Crippen molar-refractivity contribution in [2.75, 3.05) is 0 Å². The van der Waals surface area contributed by atoms with E-state index in [1.54, 1.807) is 23.5 Å². The van der Waals surface area contributed by atoms with Gasteiger partial charge in [-0.25, -0.2) is 4.39 Å². The number of carbonyl (C=O) groups is 1. The summed E-state index contributed by atoms with van der Waals surface area (Å²) in [6.07, 6.45) is 6.23. The van der Waals surface area contributed by atoms with Gasteiger partial charge in [0.2, 0.25) is 0 Å². The Labute approximate surface area is 122 Å². The Kier molecular flexibility index (Phi) is 3.97. The van der Waals surface area contributed by atoms with Crippen molar-refractivity contribution < 1.29 is 9.18 Å². The van der Waals surface area contributed by atoms with Crippen molar-refractivity contribution in [1.29, 1.82) is 0 Å². The zero-order chi connectivity index (χ0) is 13.9. The van der Waals surface area contributed by atoms with Gasteiger partial charge in [-0.1, -0.05) is 18.6 Å². The Bertz CT molecular complexity index is 606. The molecule has 0 aliphatic heterocycles. The standard InChI is InChI=1S/C17H17FOS/c18-14-7-4-5-12(9-14)10-15(19)17-11-13-6-2-1-3-8-16(13)20-17/h4-5,7,9,11H,1-3,6,8,10H2. The molecule has 104 valence electrons. The van der Waals surface area contributed by atoms with E-state index in [1.807, 2.05) is 0 Å². The number of fused-ring (bicyclic) bond motifs is 1. The zero-order valence-electron chi connectivity index (χ0n) is 11.3. The third kappa shape index (κ3) is 2.98. The minimum absolute atomic E-state index is 0.105. The van der Waals surface area contributed by atoms with Gasteiger partial charge in [-0.2, -0.15) is 0 Å². The number of ketones is 1. The van der Waals surface area contributed by atoms with Gasteiger partial charge < -0.3 is 0 Å². The molecule has 3 heteroatoms. The summed E-state index contributed by atoms with van der Waals surface area (Å²) in [7, 11) is 0. The van der Waals surface area contributed by atoms with Crippen LogP contribution in [0.3, 0.4) is 0 Å². The molecule has 1 aliphatic carbocycles. The van der Waals surface area contributed by atoms with Crippen molar-refractivity contribution >= 4 is 17.1 Å². The molecular weight excluding hydrogens is 271 g/mol. The third-order valence-electron chi connectivity index (χ3n) is 3.78. The van der Waals surface area contributed by atoms with Gasteiger partial charge in [-0.05, 0) is 55.0 Å². The summed E-state index contributed by atoms with van der Waals surface area (Å²) in [5.74, 6) is -0.175. The van der Waals surface area contributed by atoms with E-state index in [9.17, 15) is 9.18 Å². The largest absolute Gasteiger partial charge is 0.293 e. The normalized spacial score (nSPS) is 14.7. The van der Waals surface area contributed by atoms with Gasteiger partial charge in [-0.3, -0.25) is 4.79 Å². The molecule has 0 radical (unpaired) electrons. The molecule has 0 saturated heterocycles. The quantitative estimate of drug-likeness (QED) is 0.597. The van der Waals surface area contributed by atoms with E-state index in [0.29, 0.717) is 0 Å². The number of hydrogen-bond acceptors (Lipinski definition) is 2. The van der Waals surface area contributed by atoms with Crippen molar-refractivity contribution in [3.05, 3.63) is 57.0 Å². The van der Waals surface area contributed by atoms with Gasteiger partial charge >= 0.3 is 0 Å². The highest BCUT2D eigenvalue weighted by atomic mass is 32.1. The number of carbonyl (C=O) groups excluding carboxylic acids is 1. The second kappa shape index (κ2) is 5.88. The predicted octanol–water partition coefficient (Wildman–Crippen LogP) is 4.58. The molecule has 1 aromatic carbocycles. The predicted molar refractivity (Wildman–Crippen MR) is 80.0 cm³/mol. The second-order valence-electron chi connectivity index (χ2n) is 5.35. The molecule has 3 rings (SSSR count). The fourth-order valence-electron chi connectivity index (χ4n) is 2.72. The van der Waals surface area contributed by atoms with Crippen molar-refractivity contribution in [2.45, 2.75) is 38.5 Å². The number of hydrogen-bond donors (Lipinski definition) is 0. The first-order valence-electron chi connectivity index (χ1n) is 7.11. The molecule has 0 atom stereocenters. The van der Waals surface area contributed by atoms with Crippen LogP contribution in [0.2, 0.25) is 0 Å². The van der Waals surface area contributed by atoms with Crippen molar-refractivity contribution in [3.63, 3.8) is 0 Å². The van der Waals surface area contributed by atoms with Crippen molar-refractivity contribution in [2.24, 2.45) is 0 Å². The maximum absolute atomic E-state index is 13.1. The number of halogens is 1. The van der Waals surface area contributed by atoms with Gasteiger partial charge in [0.15, 0.2) is 5.78 Å². The molecule has 2 aromatic rings. The van der Waals surface area contributed by atoms with Crippen LogP contribution in [0, 0.1) is 5.82 Å². The topological polar surface area (TPSA) is 17.1 Å². The van der Waals surface area contributed by atoms with Crippen LogP contribution in [-0.4, -0.2) is 5.78 Å². The Morgan fingerprint density at radius 3 is 2.85 bits per heavy atom. The lowest BCUT2D eigenvalue weighted by molar-refractivity contribution is 0.0996.